The van der Waals surface area contributed by atoms with E-state index in [2.05, 4.69) is 15.2 Å². The van der Waals surface area contributed by atoms with E-state index < -0.39 is 0 Å². The van der Waals surface area contributed by atoms with E-state index in [1.54, 1.807) is 0 Å². The lowest BCUT2D eigenvalue weighted by atomic mass is 9.87. The molecule has 1 amide bonds. The van der Waals surface area contributed by atoms with Crippen LogP contribution in [0, 0.1) is 0 Å². The van der Waals surface area contributed by atoms with Gasteiger partial charge >= 0.3 is 0 Å². The minimum atomic E-state index is -0.0479. The van der Waals surface area contributed by atoms with Crippen molar-refractivity contribution >= 4 is 22.5 Å². The van der Waals surface area contributed by atoms with Crippen LogP contribution in [0.15, 0.2) is 18.2 Å². The first kappa shape index (κ1) is 12.7. The smallest absolute Gasteiger partial charge is 0.251 e. The van der Waals surface area contributed by atoms with Gasteiger partial charge in [0, 0.05) is 54.3 Å². The molecule has 1 aromatic carbocycles. The van der Waals surface area contributed by atoms with Crippen LogP contribution in [0.4, 0.5) is 5.69 Å². The predicted octanol–water partition coefficient (Wildman–Crippen LogP) is 1.55. The van der Waals surface area contributed by atoms with Crippen LogP contribution in [0.5, 0.6) is 0 Å². The van der Waals surface area contributed by atoms with Crippen LogP contribution in [-0.4, -0.2) is 37.1 Å². The Labute approximate surface area is 123 Å². The average Bonchev–Trinajstić information content (AvgIpc) is 2.94. The van der Waals surface area contributed by atoms with Crippen LogP contribution in [0.1, 0.15) is 34.8 Å². The number of rotatable bonds is 3. The van der Waals surface area contributed by atoms with Crippen LogP contribution >= 0.6 is 0 Å². The number of nitrogens with two attached hydrogens (primary N) is 1. The number of amides is 1. The minimum Gasteiger partial charge on any atom is -0.370 e. The maximum Gasteiger partial charge on any atom is 0.251 e. The molecule has 0 aliphatic carbocycles. The maximum absolute atomic E-state index is 12.1. The standard InChI is InChI=1S/C16H20N4O/c17-5-6-18-16(21)11-1-2-13-12(9-11)15-14(19-13)10-3-7-20(15)8-4-10/h1-2,9-10,19H,3-8,17H2,(H,18,21). The second-order valence-electron chi connectivity index (χ2n) is 5.95. The van der Waals surface area contributed by atoms with Gasteiger partial charge < -0.3 is 20.9 Å². The highest BCUT2D eigenvalue weighted by Gasteiger charge is 2.33. The molecule has 5 rings (SSSR count). The van der Waals surface area contributed by atoms with Crippen LogP contribution in [0.3, 0.4) is 0 Å². The first-order chi connectivity index (χ1) is 10.3. The summed E-state index contributed by atoms with van der Waals surface area (Å²) in [6.45, 7) is 3.24. The third-order valence-electron chi connectivity index (χ3n) is 4.71. The quantitative estimate of drug-likeness (QED) is 0.800. The summed E-state index contributed by atoms with van der Waals surface area (Å²) in [5.74, 6) is 0.611. The van der Waals surface area contributed by atoms with E-state index in [-0.39, 0.29) is 5.91 Å². The number of H-pyrrole nitrogens is 1. The summed E-state index contributed by atoms with van der Waals surface area (Å²) < 4.78 is 0. The van der Waals surface area contributed by atoms with Gasteiger partial charge in [-0.3, -0.25) is 4.79 Å². The second-order valence-corrected chi connectivity index (χ2v) is 5.95. The molecule has 5 nitrogen and oxygen atoms in total. The number of carbonyl (C=O) groups is 1. The van der Waals surface area contributed by atoms with E-state index in [4.69, 9.17) is 5.73 Å². The molecule has 0 saturated carbocycles. The molecule has 0 atom stereocenters. The van der Waals surface area contributed by atoms with Crippen LogP contribution in [0.2, 0.25) is 0 Å². The molecule has 1 aromatic heterocycles. The van der Waals surface area contributed by atoms with Crippen LogP contribution in [-0.2, 0) is 0 Å². The first-order valence-corrected chi connectivity index (χ1v) is 7.67. The van der Waals surface area contributed by atoms with Crippen molar-refractivity contribution in [3.8, 4) is 0 Å². The van der Waals surface area contributed by atoms with Crippen molar-refractivity contribution in [1.29, 1.82) is 0 Å². The zero-order valence-corrected chi connectivity index (χ0v) is 12.0. The number of hydrogen-bond acceptors (Lipinski definition) is 3. The van der Waals surface area contributed by atoms with Gasteiger partial charge in [0.15, 0.2) is 0 Å². The Balaban J connectivity index is 1.78. The highest BCUT2D eigenvalue weighted by Crippen LogP contribution is 2.45. The van der Waals surface area contributed by atoms with Gasteiger partial charge in [-0.2, -0.15) is 0 Å². The van der Waals surface area contributed by atoms with Gasteiger partial charge in [0.25, 0.3) is 5.91 Å². The van der Waals surface area contributed by atoms with Gasteiger partial charge in [-0.1, -0.05) is 0 Å². The van der Waals surface area contributed by atoms with E-state index in [0.717, 1.165) is 18.6 Å². The van der Waals surface area contributed by atoms with Crippen LogP contribution in [0.25, 0.3) is 10.9 Å². The molecule has 3 aliphatic rings. The van der Waals surface area contributed by atoms with E-state index in [0.29, 0.717) is 24.6 Å². The molecule has 1 fully saturated rings. The SMILES string of the molecule is NCCNC(=O)c1ccc2[nH]c3c(c2c1)N1CCC3CC1. The normalized spacial score (nSPS) is 17.3. The van der Waals surface area contributed by atoms with Gasteiger partial charge in [0.05, 0.1) is 5.69 Å². The molecule has 0 spiro atoms. The van der Waals surface area contributed by atoms with Crippen LogP contribution < -0.4 is 16.0 Å². The number of anilines is 1. The first-order valence-electron chi connectivity index (χ1n) is 7.67. The largest absolute Gasteiger partial charge is 0.370 e. The third-order valence-corrected chi connectivity index (χ3v) is 4.71. The number of piperidine rings is 1. The topological polar surface area (TPSA) is 74.1 Å². The Kier molecular flexibility index (Phi) is 2.89. The molecule has 110 valence electrons. The molecular weight excluding hydrogens is 264 g/mol. The number of benzene rings is 1. The molecule has 5 heteroatoms. The Morgan fingerprint density at radius 1 is 1.38 bits per heavy atom. The average molecular weight is 284 g/mol. The summed E-state index contributed by atoms with van der Waals surface area (Å²) >= 11 is 0. The lowest BCUT2D eigenvalue weighted by Gasteiger charge is -2.40. The Hall–Kier alpha value is -2.01. The predicted molar refractivity (Wildman–Crippen MR) is 83.9 cm³/mol. The third kappa shape index (κ3) is 1.92. The van der Waals surface area contributed by atoms with Gasteiger partial charge in [-0.05, 0) is 31.0 Å². The van der Waals surface area contributed by atoms with Crippen molar-refractivity contribution < 1.29 is 4.79 Å². The molecule has 1 saturated heterocycles. The maximum atomic E-state index is 12.1. The van der Waals surface area contributed by atoms with Crippen molar-refractivity contribution in [2.75, 3.05) is 31.1 Å². The monoisotopic (exact) mass is 284 g/mol. The van der Waals surface area contributed by atoms with Gasteiger partial charge in [0.1, 0.15) is 0 Å². The van der Waals surface area contributed by atoms with Crippen molar-refractivity contribution in [3.63, 3.8) is 0 Å². The van der Waals surface area contributed by atoms with E-state index in [1.807, 2.05) is 18.2 Å². The minimum absolute atomic E-state index is 0.0479. The Morgan fingerprint density at radius 2 is 2.19 bits per heavy atom. The van der Waals surface area contributed by atoms with Crippen molar-refractivity contribution in [2.45, 2.75) is 18.8 Å². The zero-order chi connectivity index (χ0) is 14.4. The number of aromatic amines is 1. The van der Waals surface area contributed by atoms with Crippen molar-refractivity contribution in [3.05, 3.63) is 29.5 Å². The number of nitrogens with zero attached hydrogens (tertiary/aromatic N) is 1. The number of nitrogens with one attached hydrogen (secondary N) is 2. The molecule has 4 N–H and O–H groups in total. The van der Waals surface area contributed by atoms with E-state index >= 15 is 0 Å². The zero-order valence-electron chi connectivity index (χ0n) is 12.0. The number of fused-ring (bicyclic) bond motifs is 3. The van der Waals surface area contributed by atoms with Gasteiger partial charge in [-0.25, -0.2) is 0 Å². The molecule has 2 aromatic rings. The lowest BCUT2D eigenvalue weighted by Crippen LogP contribution is -2.38. The highest BCUT2D eigenvalue weighted by molar-refractivity contribution is 6.03. The molecule has 2 bridgehead atoms. The summed E-state index contributed by atoms with van der Waals surface area (Å²) in [5, 5.41) is 4.01. The highest BCUT2D eigenvalue weighted by atomic mass is 16.1. The Bertz CT molecular complexity index is 698. The van der Waals surface area contributed by atoms with Gasteiger partial charge in [-0.15, -0.1) is 0 Å². The second kappa shape index (κ2) is 4.77. The van der Waals surface area contributed by atoms with Crippen molar-refractivity contribution in [1.82, 2.24) is 10.3 Å². The fourth-order valence-electron chi connectivity index (χ4n) is 3.66. The fourth-order valence-corrected chi connectivity index (χ4v) is 3.66. The summed E-state index contributed by atoms with van der Waals surface area (Å²) in [7, 11) is 0. The molecule has 21 heavy (non-hydrogen) atoms. The lowest BCUT2D eigenvalue weighted by molar-refractivity contribution is 0.0955. The molecule has 0 unspecified atom stereocenters. The van der Waals surface area contributed by atoms with Gasteiger partial charge in [0.2, 0.25) is 0 Å². The number of aromatic nitrogens is 1. The molecule has 0 radical (unpaired) electrons. The molecule has 3 aliphatic heterocycles. The Morgan fingerprint density at radius 3 is 2.95 bits per heavy atom. The summed E-state index contributed by atoms with van der Waals surface area (Å²) in [4.78, 5) is 18.1. The summed E-state index contributed by atoms with van der Waals surface area (Å²) in [6.07, 6.45) is 2.48. The fraction of sp³-hybridized carbons (Fsp3) is 0.438. The number of carbonyl (C=O) groups excluding carboxylic acids is 1. The molecular formula is C16H20N4O. The van der Waals surface area contributed by atoms with E-state index in [9.17, 15) is 4.79 Å². The summed E-state index contributed by atoms with van der Waals surface area (Å²) in [6, 6.07) is 5.91. The number of hydrogen-bond donors (Lipinski definition) is 3. The van der Waals surface area contributed by atoms with E-state index in [1.165, 1.54) is 29.6 Å². The molecule has 4 heterocycles. The summed E-state index contributed by atoms with van der Waals surface area (Å²) in [5.41, 5.74) is 9.96. The van der Waals surface area contributed by atoms with Crippen molar-refractivity contribution in [2.24, 2.45) is 5.73 Å².